The van der Waals surface area contributed by atoms with Crippen molar-refractivity contribution in [1.29, 1.82) is 0 Å². The van der Waals surface area contributed by atoms with E-state index >= 15 is 0 Å². The number of hydrogen-bond acceptors (Lipinski definition) is 4. The number of piperidine rings is 1. The number of esters is 1. The molecule has 1 saturated heterocycles. The van der Waals surface area contributed by atoms with Gasteiger partial charge >= 0.3 is 5.97 Å². The molecule has 21 heavy (non-hydrogen) atoms. The SMILES string of the molecule is COC(=O)/C(CCF)=C(\C)C(C)=NC1CC(C)NC(C)C1. The second-order valence-electron chi connectivity index (χ2n) is 5.84. The summed E-state index contributed by atoms with van der Waals surface area (Å²) in [5.41, 5.74) is 1.92. The third-order valence-electron chi connectivity index (χ3n) is 3.97. The van der Waals surface area contributed by atoms with Crippen molar-refractivity contribution in [2.75, 3.05) is 13.8 Å². The molecule has 0 aromatic carbocycles. The van der Waals surface area contributed by atoms with E-state index in [0.717, 1.165) is 24.1 Å². The van der Waals surface area contributed by atoms with Crippen LogP contribution in [0.5, 0.6) is 0 Å². The summed E-state index contributed by atoms with van der Waals surface area (Å²) in [4.78, 5) is 16.5. The predicted octanol–water partition coefficient (Wildman–Crippen LogP) is 2.83. The molecule has 2 atom stereocenters. The quantitative estimate of drug-likeness (QED) is 0.482. The van der Waals surface area contributed by atoms with Crippen LogP contribution in [0.25, 0.3) is 0 Å². The van der Waals surface area contributed by atoms with Gasteiger partial charge in [0.15, 0.2) is 0 Å². The lowest BCUT2D eigenvalue weighted by atomic mass is 9.95. The van der Waals surface area contributed by atoms with Crippen LogP contribution in [0.3, 0.4) is 0 Å². The van der Waals surface area contributed by atoms with Gasteiger partial charge in [-0.25, -0.2) is 4.79 Å². The first-order valence-corrected chi connectivity index (χ1v) is 7.53. The van der Waals surface area contributed by atoms with Gasteiger partial charge in [0.05, 0.1) is 19.8 Å². The second kappa shape index (κ2) is 8.27. The largest absolute Gasteiger partial charge is 0.466 e. The molecule has 120 valence electrons. The summed E-state index contributed by atoms with van der Waals surface area (Å²) in [6, 6.07) is 1.12. The highest BCUT2D eigenvalue weighted by molar-refractivity contribution is 6.05. The van der Waals surface area contributed by atoms with Crippen LogP contribution >= 0.6 is 0 Å². The minimum absolute atomic E-state index is 0.0738. The summed E-state index contributed by atoms with van der Waals surface area (Å²) in [5.74, 6) is -0.466. The molecule has 0 aromatic rings. The van der Waals surface area contributed by atoms with Gasteiger partial charge in [0, 0.05) is 29.8 Å². The third-order valence-corrected chi connectivity index (χ3v) is 3.97. The average Bonchev–Trinajstić information content (AvgIpc) is 2.42. The molecule has 0 saturated carbocycles. The van der Waals surface area contributed by atoms with Crippen molar-refractivity contribution in [3.05, 3.63) is 11.1 Å². The fourth-order valence-corrected chi connectivity index (χ4v) is 2.89. The zero-order chi connectivity index (χ0) is 16.0. The van der Waals surface area contributed by atoms with Gasteiger partial charge in [0.2, 0.25) is 0 Å². The normalized spacial score (nSPS) is 28.1. The fraction of sp³-hybridized carbons (Fsp3) is 0.750. The Morgan fingerprint density at radius 2 is 1.86 bits per heavy atom. The highest BCUT2D eigenvalue weighted by Gasteiger charge is 2.23. The number of allylic oxidation sites excluding steroid dienone is 1. The van der Waals surface area contributed by atoms with Gasteiger partial charge in [-0.1, -0.05) is 0 Å². The van der Waals surface area contributed by atoms with E-state index < -0.39 is 12.6 Å². The molecule has 1 heterocycles. The summed E-state index contributed by atoms with van der Waals surface area (Å²) in [5, 5.41) is 3.48. The summed E-state index contributed by atoms with van der Waals surface area (Å²) in [6.45, 7) is 7.43. The number of carbonyl (C=O) groups is 1. The van der Waals surface area contributed by atoms with Gasteiger partial charge in [0.1, 0.15) is 0 Å². The number of nitrogens with zero attached hydrogens (tertiary/aromatic N) is 1. The van der Waals surface area contributed by atoms with E-state index in [1.54, 1.807) is 0 Å². The highest BCUT2D eigenvalue weighted by atomic mass is 19.1. The van der Waals surface area contributed by atoms with Crippen LogP contribution in [0.2, 0.25) is 0 Å². The Kier molecular flexibility index (Phi) is 7.02. The topological polar surface area (TPSA) is 50.7 Å². The molecule has 5 heteroatoms. The first-order chi connectivity index (χ1) is 9.88. The third kappa shape index (κ3) is 5.23. The molecule has 1 fully saturated rings. The van der Waals surface area contributed by atoms with Crippen molar-refractivity contribution >= 4 is 11.7 Å². The Morgan fingerprint density at radius 1 is 1.29 bits per heavy atom. The fourth-order valence-electron chi connectivity index (χ4n) is 2.89. The van der Waals surface area contributed by atoms with E-state index in [0.29, 0.717) is 17.7 Å². The molecule has 2 unspecified atom stereocenters. The number of alkyl halides is 1. The number of methoxy groups -OCH3 is 1. The van der Waals surface area contributed by atoms with E-state index in [1.165, 1.54) is 7.11 Å². The maximum atomic E-state index is 12.6. The van der Waals surface area contributed by atoms with Crippen LogP contribution in [0, 0.1) is 0 Å². The first-order valence-electron chi connectivity index (χ1n) is 7.53. The zero-order valence-corrected chi connectivity index (χ0v) is 13.7. The number of rotatable bonds is 5. The molecule has 1 rings (SSSR count). The lowest BCUT2D eigenvalue weighted by molar-refractivity contribution is -0.136. The Morgan fingerprint density at radius 3 is 2.33 bits per heavy atom. The van der Waals surface area contributed by atoms with Gasteiger partial charge in [-0.05, 0) is 46.1 Å². The number of ether oxygens (including phenoxy) is 1. The minimum Gasteiger partial charge on any atom is -0.466 e. The van der Waals surface area contributed by atoms with Crippen LogP contribution in [0.15, 0.2) is 16.1 Å². The van der Waals surface area contributed by atoms with E-state index in [2.05, 4.69) is 19.2 Å². The Balaban J connectivity index is 2.94. The summed E-state index contributed by atoms with van der Waals surface area (Å²) in [6.07, 6.45) is 2.03. The lowest BCUT2D eigenvalue weighted by Crippen LogP contribution is -2.44. The molecule has 4 nitrogen and oxygen atoms in total. The van der Waals surface area contributed by atoms with E-state index in [4.69, 9.17) is 9.73 Å². The maximum absolute atomic E-state index is 12.6. The Labute approximate surface area is 126 Å². The second-order valence-corrected chi connectivity index (χ2v) is 5.84. The van der Waals surface area contributed by atoms with Crippen LogP contribution in [0.1, 0.15) is 47.0 Å². The molecule has 1 N–H and O–H groups in total. The van der Waals surface area contributed by atoms with Crippen molar-refractivity contribution in [2.45, 2.75) is 65.1 Å². The first kappa shape index (κ1) is 17.8. The minimum atomic E-state index is -0.573. The Hall–Kier alpha value is -1.23. The summed E-state index contributed by atoms with van der Waals surface area (Å²) in [7, 11) is 1.32. The van der Waals surface area contributed by atoms with Gasteiger partial charge < -0.3 is 10.1 Å². The van der Waals surface area contributed by atoms with Gasteiger partial charge in [-0.15, -0.1) is 0 Å². The van der Waals surface area contributed by atoms with E-state index in [-0.39, 0.29) is 12.5 Å². The van der Waals surface area contributed by atoms with Crippen molar-refractivity contribution in [2.24, 2.45) is 4.99 Å². The van der Waals surface area contributed by atoms with Gasteiger partial charge in [-0.2, -0.15) is 0 Å². The summed E-state index contributed by atoms with van der Waals surface area (Å²) >= 11 is 0. The molecule has 1 aliphatic heterocycles. The van der Waals surface area contributed by atoms with Crippen molar-refractivity contribution in [3.63, 3.8) is 0 Å². The van der Waals surface area contributed by atoms with Crippen LogP contribution in [-0.2, 0) is 9.53 Å². The molecule has 0 bridgehead atoms. The molecule has 1 aliphatic rings. The standard InChI is InChI=1S/C16H27FN2O2/c1-10-8-14(9-11(2)18-10)19-13(4)12(3)15(6-7-17)16(20)21-5/h10-11,14,18H,6-9H2,1-5H3/b15-12+,19-13?. The number of nitrogens with one attached hydrogen (secondary N) is 1. The van der Waals surface area contributed by atoms with E-state index in [9.17, 15) is 9.18 Å². The number of hydrogen-bond donors (Lipinski definition) is 1. The average molecular weight is 298 g/mol. The van der Waals surface area contributed by atoms with Crippen molar-refractivity contribution in [1.82, 2.24) is 5.32 Å². The smallest absolute Gasteiger partial charge is 0.334 e. The maximum Gasteiger partial charge on any atom is 0.334 e. The summed E-state index contributed by atoms with van der Waals surface area (Å²) < 4.78 is 17.4. The zero-order valence-electron chi connectivity index (χ0n) is 13.7. The highest BCUT2D eigenvalue weighted by Crippen LogP contribution is 2.19. The Bertz CT molecular complexity index is 422. The number of aliphatic imine (C=N–C) groups is 1. The number of carbonyl (C=O) groups excluding carboxylic acids is 1. The van der Waals surface area contributed by atoms with Gasteiger partial charge in [0.25, 0.3) is 0 Å². The number of halogens is 1. The molecule has 0 radical (unpaired) electrons. The molecule has 0 aliphatic carbocycles. The van der Waals surface area contributed by atoms with Crippen molar-refractivity contribution in [3.8, 4) is 0 Å². The molecule has 0 spiro atoms. The van der Waals surface area contributed by atoms with E-state index in [1.807, 2.05) is 13.8 Å². The lowest BCUT2D eigenvalue weighted by Gasteiger charge is -2.31. The van der Waals surface area contributed by atoms with Crippen molar-refractivity contribution < 1.29 is 13.9 Å². The monoisotopic (exact) mass is 298 g/mol. The molecular weight excluding hydrogens is 271 g/mol. The predicted molar refractivity (Wildman–Crippen MR) is 83.5 cm³/mol. The van der Waals surface area contributed by atoms with Crippen LogP contribution in [-0.4, -0.2) is 43.6 Å². The van der Waals surface area contributed by atoms with Gasteiger partial charge in [-0.3, -0.25) is 9.38 Å². The van der Waals surface area contributed by atoms with Crippen LogP contribution in [0.4, 0.5) is 4.39 Å². The molecule has 0 amide bonds. The molecular formula is C16H27FN2O2. The molecule has 0 aromatic heterocycles. The van der Waals surface area contributed by atoms with Crippen LogP contribution < -0.4 is 5.32 Å².